The van der Waals surface area contributed by atoms with Crippen LogP contribution in [-0.4, -0.2) is 27.0 Å². The van der Waals surface area contributed by atoms with Gasteiger partial charge in [-0.1, -0.05) is 19.2 Å². The van der Waals surface area contributed by atoms with Gasteiger partial charge < -0.3 is 9.47 Å². The summed E-state index contributed by atoms with van der Waals surface area (Å²) in [6.07, 6.45) is -0.240. The van der Waals surface area contributed by atoms with Crippen molar-refractivity contribution in [2.45, 2.75) is 19.4 Å². The summed E-state index contributed by atoms with van der Waals surface area (Å²) in [5.74, 6) is 0. The molecule has 14 heavy (non-hydrogen) atoms. The second kappa shape index (κ2) is 4.21. The van der Waals surface area contributed by atoms with Crippen molar-refractivity contribution in [1.29, 1.82) is 0 Å². The van der Waals surface area contributed by atoms with Crippen molar-refractivity contribution < 1.29 is 9.47 Å². The maximum atomic E-state index is 5.40. The summed E-state index contributed by atoms with van der Waals surface area (Å²) in [4.78, 5) is 4.55. The van der Waals surface area contributed by atoms with Crippen molar-refractivity contribution in [3.05, 3.63) is 23.9 Å². The van der Waals surface area contributed by atoms with Crippen LogP contribution in [0.15, 0.2) is 18.2 Å². The molecule has 1 aliphatic heterocycles. The average Bonchev–Trinajstić information content (AvgIpc) is 2.71. The van der Waals surface area contributed by atoms with E-state index in [1.165, 1.54) is 5.32 Å². The third kappa shape index (κ3) is 2.02. The van der Waals surface area contributed by atoms with Crippen LogP contribution in [0.2, 0.25) is 13.1 Å². The first kappa shape index (κ1) is 9.83. The monoisotopic (exact) mass is 208 g/mol. The Kier molecular flexibility index (Phi) is 2.95. The zero-order valence-electron chi connectivity index (χ0n) is 8.49. The molecule has 3 nitrogen and oxygen atoms in total. The molecule has 1 aromatic rings. The molecule has 2 heterocycles. The van der Waals surface area contributed by atoms with E-state index in [-0.39, 0.29) is 6.29 Å². The molecule has 0 spiro atoms. The fraction of sp³-hybridized carbons (Fsp3) is 0.500. The predicted octanol–water partition coefficient (Wildman–Crippen LogP) is 1.09. The van der Waals surface area contributed by atoms with Crippen LogP contribution in [0, 0.1) is 0 Å². The third-order valence-electron chi connectivity index (χ3n) is 2.15. The van der Waals surface area contributed by atoms with Gasteiger partial charge in [0, 0.05) is 5.32 Å². The Bertz CT molecular complexity index is 311. The highest BCUT2D eigenvalue weighted by atomic mass is 28.3. The number of aromatic nitrogens is 1. The highest BCUT2D eigenvalue weighted by Gasteiger charge is 2.19. The fourth-order valence-electron chi connectivity index (χ4n) is 1.39. The molecule has 4 heteroatoms. The zero-order chi connectivity index (χ0) is 9.97. The summed E-state index contributed by atoms with van der Waals surface area (Å²) in [5.41, 5.74) is 0.909. The molecular formula is C10H14NO2Si. The number of rotatable bonds is 2. The quantitative estimate of drug-likeness (QED) is 0.682. The lowest BCUT2D eigenvalue weighted by Crippen LogP contribution is -2.27. The molecule has 0 aromatic carbocycles. The smallest absolute Gasteiger partial charge is 0.201 e. The van der Waals surface area contributed by atoms with Crippen LogP contribution in [0.4, 0.5) is 0 Å². The normalized spacial score (nSPS) is 17.9. The summed E-state index contributed by atoms with van der Waals surface area (Å²) in [6.45, 7) is 5.81. The number of nitrogens with zero attached hydrogens (tertiary/aromatic N) is 1. The van der Waals surface area contributed by atoms with Gasteiger partial charge in [0.15, 0.2) is 0 Å². The van der Waals surface area contributed by atoms with Crippen molar-refractivity contribution >= 4 is 14.1 Å². The lowest BCUT2D eigenvalue weighted by atomic mass is 10.3. The Labute approximate surface area is 85.7 Å². The molecule has 1 aliphatic rings. The Balaban J connectivity index is 2.21. The van der Waals surface area contributed by atoms with Crippen LogP contribution in [-0.2, 0) is 9.47 Å². The molecule has 0 saturated carbocycles. The van der Waals surface area contributed by atoms with E-state index in [2.05, 4.69) is 24.1 Å². The lowest BCUT2D eigenvalue weighted by Gasteiger charge is -2.10. The molecule has 2 rings (SSSR count). The van der Waals surface area contributed by atoms with Crippen molar-refractivity contribution in [3.8, 4) is 0 Å². The molecule has 75 valence electrons. The molecule has 0 unspecified atom stereocenters. The van der Waals surface area contributed by atoms with Crippen LogP contribution in [0.1, 0.15) is 12.0 Å². The topological polar surface area (TPSA) is 31.4 Å². The van der Waals surface area contributed by atoms with Crippen molar-refractivity contribution in [3.63, 3.8) is 0 Å². The molecule has 1 aromatic heterocycles. The first-order chi connectivity index (χ1) is 6.77. The maximum absolute atomic E-state index is 5.40. The number of ether oxygens (including phenoxy) is 2. The second-order valence-electron chi connectivity index (χ2n) is 3.52. The maximum Gasteiger partial charge on any atom is 0.201 e. The first-order valence-corrected chi connectivity index (χ1v) is 7.28. The van der Waals surface area contributed by atoms with Crippen LogP contribution >= 0.6 is 0 Å². The van der Waals surface area contributed by atoms with Crippen molar-refractivity contribution in [1.82, 2.24) is 4.98 Å². The van der Waals surface area contributed by atoms with E-state index < -0.39 is 8.80 Å². The first-order valence-electron chi connectivity index (χ1n) is 4.78. The molecule has 0 amide bonds. The predicted molar refractivity (Wildman–Crippen MR) is 56.0 cm³/mol. The van der Waals surface area contributed by atoms with Gasteiger partial charge in [-0.05, 0) is 12.1 Å². The van der Waals surface area contributed by atoms with Crippen molar-refractivity contribution in [2.24, 2.45) is 0 Å². The van der Waals surface area contributed by atoms with Crippen LogP contribution < -0.4 is 5.32 Å². The van der Waals surface area contributed by atoms with E-state index >= 15 is 0 Å². The van der Waals surface area contributed by atoms with Gasteiger partial charge in [0.1, 0.15) is 8.80 Å². The third-order valence-corrected chi connectivity index (χ3v) is 3.45. The van der Waals surface area contributed by atoms with Gasteiger partial charge in [-0.2, -0.15) is 0 Å². The number of hydrogen-bond acceptors (Lipinski definition) is 3. The van der Waals surface area contributed by atoms with Crippen LogP contribution in [0.5, 0.6) is 0 Å². The zero-order valence-corrected chi connectivity index (χ0v) is 9.49. The second-order valence-corrected chi connectivity index (χ2v) is 6.03. The molecule has 0 bridgehead atoms. The summed E-state index contributed by atoms with van der Waals surface area (Å²) < 4.78 is 10.8. The molecular weight excluding hydrogens is 194 g/mol. The number of hydrogen-bond donors (Lipinski definition) is 0. The van der Waals surface area contributed by atoms with Gasteiger partial charge in [0.2, 0.25) is 6.29 Å². The van der Waals surface area contributed by atoms with E-state index in [0.717, 1.165) is 5.69 Å². The Morgan fingerprint density at radius 1 is 1.29 bits per heavy atom. The Hall–Kier alpha value is -0.713. The van der Waals surface area contributed by atoms with Crippen LogP contribution in [0.25, 0.3) is 0 Å². The van der Waals surface area contributed by atoms with E-state index in [9.17, 15) is 0 Å². The van der Waals surface area contributed by atoms with Crippen molar-refractivity contribution in [2.75, 3.05) is 13.2 Å². The molecule has 0 N–H and O–H groups in total. The van der Waals surface area contributed by atoms with Gasteiger partial charge in [-0.3, -0.25) is 4.98 Å². The summed E-state index contributed by atoms with van der Waals surface area (Å²) >= 11 is 0. The minimum absolute atomic E-state index is 0.240. The SMILES string of the molecule is C[Si](C)c1cccc(C2OCCO2)n1. The van der Waals surface area contributed by atoms with Gasteiger partial charge in [-0.15, -0.1) is 0 Å². The van der Waals surface area contributed by atoms with Crippen LogP contribution in [0.3, 0.4) is 0 Å². The van der Waals surface area contributed by atoms with E-state index in [1.807, 2.05) is 12.1 Å². The standard InChI is InChI=1S/C10H14NO2Si/c1-14(2)9-5-3-4-8(11-9)10-12-6-7-13-10/h3-5,10H,6-7H2,1-2H3. The van der Waals surface area contributed by atoms with E-state index in [0.29, 0.717) is 13.2 Å². The highest BCUT2D eigenvalue weighted by molar-refractivity contribution is 6.69. The van der Waals surface area contributed by atoms with Gasteiger partial charge >= 0.3 is 0 Å². The van der Waals surface area contributed by atoms with Gasteiger partial charge in [0.05, 0.1) is 18.9 Å². The number of pyridine rings is 1. The minimum atomic E-state index is -0.485. The fourth-order valence-corrected chi connectivity index (χ4v) is 2.17. The van der Waals surface area contributed by atoms with Gasteiger partial charge in [0.25, 0.3) is 0 Å². The molecule has 1 radical (unpaired) electrons. The summed E-state index contributed by atoms with van der Waals surface area (Å²) in [6, 6.07) is 6.07. The molecule has 0 atom stereocenters. The molecule has 1 fully saturated rings. The Morgan fingerprint density at radius 3 is 2.64 bits per heavy atom. The summed E-state index contributed by atoms with van der Waals surface area (Å²) in [7, 11) is -0.485. The summed E-state index contributed by atoms with van der Waals surface area (Å²) in [5, 5.41) is 1.19. The van der Waals surface area contributed by atoms with Gasteiger partial charge in [-0.25, -0.2) is 0 Å². The van der Waals surface area contributed by atoms with E-state index in [1.54, 1.807) is 0 Å². The minimum Gasteiger partial charge on any atom is -0.345 e. The van der Waals surface area contributed by atoms with E-state index in [4.69, 9.17) is 9.47 Å². The largest absolute Gasteiger partial charge is 0.345 e. The molecule has 0 aliphatic carbocycles. The highest BCUT2D eigenvalue weighted by Crippen LogP contribution is 2.20. The average molecular weight is 208 g/mol. The molecule has 1 saturated heterocycles. The lowest BCUT2D eigenvalue weighted by molar-refractivity contribution is -0.0471. The Morgan fingerprint density at radius 2 is 2.00 bits per heavy atom.